The molecule has 5 heteroatoms. The summed E-state index contributed by atoms with van der Waals surface area (Å²) in [6, 6.07) is 10.4. The maximum Gasteiger partial charge on any atom is 0.276 e. The van der Waals surface area contributed by atoms with Gasteiger partial charge in [0.05, 0.1) is 5.69 Å². The predicted molar refractivity (Wildman–Crippen MR) is 85.5 cm³/mol. The van der Waals surface area contributed by atoms with Crippen molar-refractivity contribution < 1.29 is 9.90 Å². The lowest BCUT2D eigenvalue weighted by Crippen LogP contribution is -2.28. The van der Waals surface area contributed by atoms with Crippen LogP contribution < -0.4 is 4.90 Å². The van der Waals surface area contributed by atoms with E-state index in [1.807, 2.05) is 36.6 Å². The van der Waals surface area contributed by atoms with Crippen molar-refractivity contribution >= 4 is 17.2 Å². The van der Waals surface area contributed by atoms with Crippen LogP contribution >= 0.6 is 0 Å². The summed E-state index contributed by atoms with van der Waals surface area (Å²) < 4.78 is 1.81. The zero-order valence-electron chi connectivity index (χ0n) is 12.7. The minimum atomic E-state index is -0.139. The van der Waals surface area contributed by atoms with Gasteiger partial charge >= 0.3 is 0 Å². The lowest BCUT2D eigenvalue weighted by Gasteiger charge is -2.17. The van der Waals surface area contributed by atoms with Gasteiger partial charge in [-0.2, -0.15) is 0 Å². The molecule has 22 heavy (non-hydrogen) atoms. The number of aromatic nitrogens is 2. The van der Waals surface area contributed by atoms with Gasteiger partial charge in [0.2, 0.25) is 0 Å². The van der Waals surface area contributed by atoms with Gasteiger partial charge in [0, 0.05) is 18.9 Å². The number of nitrogens with zero attached hydrogens (tertiary/aromatic N) is 3. The number of benzene rings is 1. The van der Waals surface area contributed by atoms with Gasteiger partial charge in [0.25, 0.3) is 5.91 Å². The summed E-state index contributed by atoms with van der Waals surface area (Å²) in [4.78, 5) is 18.8. The van der Waals surface area contributed by atoms with Crippen molar-refractivity contribution in [2.24, 2.45) is 0 Å². The van der Waals surface area contributed by atoms with E-state index >= 15 is 0 Å². The Kier molecular flexibility index (Phi) is 3.33. The lowest BCUT2D eigenvalue weighted by atomic mass is 10.2. The van der Waals surface area contributed by atoms with Crippen LogP contribution in [-0.2, 0) is 0 Å². The smallest absolute Gasteiger partial charge is 0.276 e. The zero-order valence-corrected chi connectivity index (χ0v) is 12.7. The number of carbonyl (C=O) groups excluding carboxylic acids is 1. The van der Waals surface area contributed by atoms with Crippen molar-refractivity contribution in [2.75, 3.05) is 11.9 Å². The number of phenolic OH excluding ortho intramolecular Hbond substituents is 1. The van der Waals surface area contributed by atoms with Crippen LogP contribution in [0.4, 0.5) is 5.69 Å². The van der Waals surface area contributed by atoms with Crippen molar-refractivity contribution in [3.05, 3.63) is 59.5 Å². The van der Waals surface area contributed by atoms with E-state index in [9.17, 15) is 9.90 Å². The van der Waals surface area contributed by atoms with Crippen molar-refractivity contribution in [1.82, 2.24) is 9.38 Å². The van der Waals surface area contributed by atoms with Crippen LogP contribution in [0.3, 0.4) is 0 Å². The fraction of sp³-hybridized carbons (Fsp3) is 0.176. The van der Waals surface area contributed by atoms with E-state index < -0.39 is 0 Å². The Labute approximate surface area is 128 Å². The van der Waals surface area contributed by atoms with Gasteiger partial charge in [0.15, 0.2) is 0 Å². The van der Waals surface area contributed by atoms with E-state index in [2.05, 4.69) is 4.98 Å². The monoisotopic (exact) mass is 295 g/mol. The molecule has 0 spiro atoms. The van der Waals surface area contributed by atoms with Crippen LogP contribution in [0.15, 0.2) is 42.6 Å². The third kappa shape index (κ3) is 2.30. The first-order chi connectivity index (χ1) is 10.5. The quantitative estimate of drug-likeness (QED) is 0.791. The first kappa shape index (κ1) is 14.1. The SMILES string of the molecule is Cc1ccn2c(C(=O)N(C)c3ccc(O)cc3)c(C)nc2c1. The molecule has 2 heterocycles. The van der Waals surface area contributed by atoms with E-state index in [0.29, 0.717) is 17.1 Å². The van der Waals surface area contributed by atoms with E-state index in [1.165, 1.54) is 0 Å². The predicted octanol–water partition coefficient (Wildman–Crippen LogP) is 2.93. The zero-order chi connectivity index (χ0) is 15.9. The van der Waals surface area contributed by atoms with E-state index in [0.717, 1.165) is 11.2 Å². The number of amides is 1. The normalized spacial score (nSPS) is 10.9. The second-order valence-corrected chi connectivity index (χ2v) is 5.36. The van der Waals surface area contributed by atoms with Crippen molar-refractivity contribution in [1.29, 1.82) is 0 Å². The van der Waals surface area contributed by atoms with Gasteiger partial charge in [-0.3, -0.25) is 9.20 Å². The highest BCUT2D eigenvalue weighted by molar-refractivity contribution is 6.05. The number of fused-ring (bicyclic) bond motifs is 1. The molecule has 0 aliphatic carbocycles. The average molecular weight is 295 g/mol. The molecule has 112 valence electrons. The number of aryl methyl sites for hydroxylation is 2. The number of phenols is 1. The summed E-state index contributed by atoms with van der Waals surface area (Å²) in [5.41, 5.74) is 3.82. The van der Waals surface area contributed by atoms with Crippen LogP contribution in [0.2, 0.25) is 0 Å². The third-order valence-corrected chi connectivity index (χ3v) is 3.70. The third-order valence-electron chi connectivity index (χ3n) is 3.70. The summed E-state index contributed by atoms with van der Waals surface area (Å²) in [5.74, 6) is 0.0330. The molecule has 0 fully saturated rings. The molecule has 0 saturated heterocycles. The molecule has 0 aliphatic heterocycles. The van der Waals surface area contributed by atoms with Gasteiger partial charge in [-0.15, -0.1) is 0 Å². The van der Waals surface area contributed by atoms with Gasteiger partial charge in [-0.1, -0.05) is 0 Å². The summed E-state index contributed by atoms with van der Waals surface area (Å²) in [7, 11) is 1.71. The lowest BCUT2D eigenvalue weighted by molar-refractivity contribution is 0.0986. The number of imidazole rings is 1. The number of pyridine rings is 1. The highest BCUT2D eigenvalue weighted by atomic mass is 16.3. The van der Waals surface area contributed by atoms with Gasteiger partial charge < -0.3 is 10.0 Å². The van der Waals surface area contributed by atoms with Gasteiger partial charge in [0.1, 0.15) is 17.1 Å². The molecule has 1 amide bonds. The molecule has 0 radical (unpaired) electrons. The first-order valence-electron chi connectivity index (χ1n) is 7.00. The molecule has 0 unspecified atom stereocenters. The number of hydrogen-bond acceptors (Lipinski definition) is 3. The number of anilines is 1. The standard InChI is InChI=1S/C17H17N3O2/c1-11-8-9-20-15(10-11)18-12(2)16(20)17(22)19(3)13-4-6-14(21)7-5-13/h4-10,21H,1-3H3. The van der Waals surface area contributed by atoms with Crippen LogP contribution in [0.1, 0.15) is 21.7 Å². The molecule has 0 saturated carbocycles. The summed E-state index contributed by atoms with van der Waals surface area (Å²) in [5, 5.41) is 9.35. The molecular formula is C17H17N3O2. The topological polar surface area (TPSA) is 57.8 Å². The van der Waals surface area contributed by atoms with Crippen LogP contribution in [-0.4, -0.2) is 27.4 Å². The molecule has 5 nitrogen and oxygen atoms in total. The summed E-state index contributed by atoms with van der Waals surface area (Å²) >= 11 is 0. The van der Waals surface area contributed by atoms with Crippen molar-refractivity contribution in [3.63, 3.8) is 0 Å². The Morgan fingerprint density at radius 1 is 1.18 bits per heavy atom. The average Bonchev–Trinajstić information content (AvgIpc) is 2.81. The highest BCUT2D eigenvalue weighted by Gasteiger charge is 2.21. The van der Waals surface area contributed by atoms with Crippen LogP contribution in [0, 0.1) is 13.8 Å². The molecule has 0 bridgehead atoms. The Morgan fingerprint density at radius 2 is 1.86 bits per heavy atom. The Balaban J connectivity index is 2.05. The molecule has 1 aromatic carbocycles. The molecule has 0 atom stereocenters. The second kappa shape index (κ2) is 5.18. The Hall–Kier alpha value is -2.82. The molecule has 0 aliphatic rings. The van der Waals surface area contributed by atoms with Gasteiger partial charge in [-0.25, -0.2) is 4.98 Å². The van der Waals surface area contributed by atoms with Gasteiger partial charge in [-0.05, 0) is 55.8 Å². The molecular weight excluding hydrogens is 278 g/mol. The maximum absolute atomic E-state index is 12.8. The summed E-state index contributed by atoms with van der Waals surface area (Å²) in [6.07, 6.45) is 1.86. The highest BCUT2D eigenvalue weighted by Crippen LogP contribution is 2.21. The van der Waals surface area contributed by atoms with Crippen molar-refractivity contribution in [3.8, 4) is 5.75 Å². The van der Waals surface area contributed by atoms with E-state index in [1.54, 1.807) is 36.2 Å². The fourth-order valence-electron chi connectivity index (χ4n) is 2.47. The Morgan fingerprint density at radius 3 is 2.55 bits per heavy atom. The minimum Gasteiger partial charge on any atom is -0.508 e. The Bertz CT molecular complexity index is 850. The molecule has 1 N–H and O–H groups in total. The molecule has 2 aromatic heterocycles. The van der Waals surface area contributed by atoms with E-state index in [-0.39, 0.29) is 11.7 Å². The number of aromatic hydroxyl groups is 1. The first-order valence-corrected chi connectivity index (χ1v) is 7.00. The number of rotatable bonds is 2. The fourth-order valence-corrected chi connectivity index (χ4v) is 2.47. The van der Waals surface area contributed by atoms with Crippen LogP contribution in [0.25, 0.3) is 5.65 Å². The molecule has 3 aromatic rings. The maximum atomic E-state index is 12.8. The number of hydrogen-bond donors (Lipinski definition) is 1. The minimum absolute atomic E-state index is 0.139. The number of carbonyl (C=O) groups is 1. The van der Waals surface area contributed by atoms with E-state index in [4.69, 9.17) is 0 Å². The second-order valence-electron chi connectivity index (χ2n) is 5.36. The van der Waals surface area contributed by atoms with Crippen LogP contribution in [0.5, 0.6) is 5.75 Å². The van der Waals surface area contributed by atoms with Crippen molar-refractivity contribution in [2.45, 2.75) is 13.8 Å². The molecule has 3 rings (SSSR count). The largest absolute Gasteiger partial charge is 0.508 e. The summed E-state index contributed by atoms with van der Waals surface area (Å²) in [6.45, 7) is 3.83.